The first-order chi connectivity index (χ1) is 12.8. The van der Waals surface area contributed by atoms with Crippen LogP contribution in [0.15, 0.2) is 48.6 Å². The number of alkyl halides is 3. The molecular weight excluding hydrogens is 381 g/mol. The molecule has 2 aromatic rings. The zero-order chi connectivity index (χ0) is 19.3. The molecule has 0 saturated carbocycles. The maximum Gasteiger partial charge on any atom is 0.418 e. The second kappa shape index (κ2) is 6.27. The molecule has 1 aliphatic carbocycles. The SMILES string of the molecule is O=[N+]([O-])c1ccc([C@H]2Nc3c(cc(Cl)cc3C(F)(F)F)[C@@H]3C=CC[C@H]23)cc1. The molecule has 0 radical (unpaired) electrons. The molecule has 2 aliphatic rings. The summed E-state index contributed by atoms with van der Waals surface area (Å²) in [5, 5.41) is 14.0. The number of nitrogens with one attached hydrogen (secondary N) is 1. The average molecular weight is 395 g/mol. The third kappa shape index (κ3) is 3.06. The van der Waals surface area contributed by atoms with Gasteiger partial charge < -0.3 is 5.32 Å². The normalized spacial score (nSPS) is 23.5. The van der Waals surface area contributed by atoms with Crippen molar-refractivity contribution in [3.63, 3.8) is 0 Å². The summed E-state index contributed by atoms with van der Waals surface area (Å²) in [6.45, 7) is 0. The molecule has 3 atom stereocenters. The molecule has 0 fully saturated rings. The van der Waals surface area contributed by atoms with Crippen LogP contribution in [0.1, 0.15) is 35.1 Å². The molecule has 0 unspecified atom stereocenters. The number of halogens is 4. The highest BCUT2D eigenvalue weighted by Gasteiger charge is 2.43. The van der Waals surface area contributed by atoms with E-state index in [2.05, 4.69) is 5.32 Å². The Bertz CT molecular complexity index is 941. The van der Waals surface area contributed by atoms with Crippen LogP contribution in [0.25, 0.3) is 0 Å². The Balaban J connectivity index is 1.82. The number of allylic oxidation sites excluding steroid dienone is 2. The van der Waals surface area contributed by atoms with Gasteiger partial charge in [-0.1, -0.05) is 35.9 Å². The van der Waals surface area contributed by atoms with Gasteiger partial charge in [0, 0.05) is 23.1 Å². The minimum absolute atomic E-state index is 0.0125. The molecule has 4 rings (SSSR count). The monoisotopic (exact) mass is 394 g/mol. The molecule has 0 bridgehead atoms. The van der Waals surface area contributed by atoms with Gasteiger partial charge in [0.15, 0.2) is 0 Å². The average Bonchev–Trinajstić information content (AvgIpc) is 3.10. The fraction of sp³-hybridized carbons (Fsp3) is 0.263. The molecule has 1 aliphatic heterocycles. The summed E-state index contributed by atoms with van der Waals surface area (Å²) in [7, 11) is 0. The molecule has 1 N–H and O–H groups in total. The van der Waals surface area contributed by atoms with Crippen molar-refractivity contribution in [2.45, 2.75) is 24.6 Å². The van der Waals surface area contributed by atoms with Crippen LogP contribution < -0.4 is 5.32 Å². The van der Waals surface area contributed by atoms with Gasteiger partial charge in [-0.15, -0.1) is 0 Å². The molecule has 0 aromatic heterocycles. The van der Waals surface area contributed by atoms with Crippen molar-refractivity contribution in [3.05, 3.63) is 80.4 Å². The van der Waals surface area contributed by atoms with Gasteiger partial charge in [-0.3, -0.25) is 10.1 Å². The van der Waals surface area contributed by atoms with E-state index < -0.39 is 16.7 Å². The Hall–Kier alpha value is -2.54. The van der Waals surface area contributed by atoms with Crippen molar-refractivity contribution in [1.82, 2.24) is 0 Å². The van der Waals surface area contributed by atoms with E-state index in [4.69, 9.17) is 11.6 Å². The molecule has 140 valence electrons. The number of nitro groups is 1. The van der Waals surface area contributed by atoms with E-state index in [0.717, 1.165) is 6.07 Å². The Kier molecular flexibility index (Phi) is 4.14. The van der Waals surface area contributed by atoms with Crippen molar-refractivity contribution in [2.24, 2.45) is 5.92 Å². The molecule has 1 heterocycles. The van der Waals surface area contributed by atoms with E-state index in [1.54, 1.807) is 18.2 Å². The van der Waals surface area contributed by atoms with E-state index in [0.29, 0.717) is 17.5 Å². The second-order valence-corrected chi connectivity index (χ2v) is 7.18. The zero-order valence-corrected chi connectivity index (χ0v) is 14.6. The maximum atomic E-state index is 13.6. The maximum absolute atomic E-state index is 13.6. The van der Waals surface area contributed by atoms with Gasteiger partial charge >= 0.3 is 6.18 Å². The summed E-state index contributed by atoms with van der Waals surface area (Å²) in [5.74, 6) is -0.181. The molecule has 4 nitrogen and oxygen atoms in total. The summed E-state index contributed by atoms with van der Waals surface area (Å²) in [6.07, 6.45) is 0.0294. The van der Waals surface area contributed by atoms with E-state index in [1.165, 1.54) is 12.1 Å². The third-order valence-electron chi connectivity index (χ3n) is 5.20. The fourth-order valence-corrected chi connectivity index (χ4v) is 4.25. The molecule has 0 amide bonds. The molecule has 2 aromatic carbocycles. The van der Waals surface area contributed by atoms with E-state index in [-0.39, 0.29) is 34.3 Å². The summed E-state index contributed by atoms with van der Waals surface area (Å²) >= 11 is 5.96. The van der Waals surface area contributed by atoms with E-state index in [1.807, 2.05) is 12.2 Å². The first-order valence-corrected chi connectivity index (χ1v) is 8.71. The Morgan fingerprint density at radius 2 is 1.89 bits per heavy atom. The summed E-state index contributed by atoms with van der Waals surface area (Å²) in [6, 6.07) is 8.06. The number of anilines is 1. The highest BCUT2D eigenvalue weighted by atomic mass is 35.5. The number of rotatable bonds is 2. The van der Waals surface area contributed by atoms with Crippen molar-refractivity contribution >= 4 is 23.0 Å². The highest BCUT2D eigenvalue weighted by Crippen LogP contribution is 2.53. The van der Waals surface area contributed by atoms with Crippen LogP contribution in [0.2, 0.25) is 5.02 Å². The van der Waals surface area contributed by atoms with Gasteiger partial charge in [-0.25, -0.2) is 0 Å². The number of non-ortho nitro benzene ring substituents is 1. The van der Waals surface area contributed by atoms with Crippen molar-refractivity contribution < 1.29 is 18.1 Å². The minimum atomic E-state index is -4.54. The van der Waals surface area contributed by atoms with Gasteiger partial charge in [0.05, 0.1) is 22.2 Å². The molecule has 8 heteroatoms. The van der Waals surface area contributed by atoms with E-state index in [9.17, 15) is 23.3 Å². The van der Waals surface area contributed by atoms with Gasteiger partial charge in [-0.05, 0) is 35.6 Å². The Labute approximate surface area is 157 Å². The highest BCUT2D eigenvalue weighted by molar-refractivity contribution is 6.30. The lowest BCUT2D eigenvalue weighted by atomic mass is 9.76. The standard InChI is InChI=1S/C19H14ClF3N2O2/c20-11-8-15-13-2-1-3-14(13)17(10-4-6-12(7-5-10)25(26)27)24-18(15)16(9-11)19(21,22)23/h1-2,4-9,13-14,17,24H,3H2/t13-,14+,17-/m1/s1. The number of hydrogen-bond donors (Lipinski definition) is 1. The van der Waals surface area contributed by atoms with Crippen LogP contribution in [0.3, 0.4) is 0 Å². The van der Waals surface area contributed by atoms with Crippen LogP contribution >= 0.6 is 11.6 Å². The van der Waals surface area contributed by atoms with Gasteiger partial charge in [0.2, 0.25) is 0 Å². The largest absolute Gasteiger partial charge is 0.418 e. The van der Waals surface area contributed by atoms with Crippen LogP contribution in [-0.4, -0.2) is 4.92 Å². The van der Waals surface area contributed by atoms with E-state index >= 15 is 0 Å². The lowest BCUT2D eigenvalue weighted by Gasteiger charge is -2.38. The topological polar surface area (TPSA) is 55.2 Å². The van der Waals surface area contributed by atoms with Gasteiger partial charge in [0.1, 0.15) is 0 Å². The van der Waals surface area contributed by atoms with Crippen LogP contribution in [0.4, 0.5) is 24.5 Å². The first-order valence-electron chi connectivity index (χ1n) is 8.34. The minimum Gasteiger partial charge on any atom is -0.377 e. The van der Waals surface area contributed by atoms with Crippen molar-refractivity contribution in [2.75, 3.05) is 5.32 Å². The van der Waals surface area contributed by atoms with Gasteiger partial charge in [0.25, 0.3) is 5.69 Å². The predicted octanol–water partition coefficient (Wildman–Crippen LogP) is 6.09. The van der Waals surface area contributed by atoms with Crippen LogP contribution in [0.5, 0.6) is 0 Å². The third-order valence-corrected chi connectivity index (χ3v) is 5.42. The Morgan fingerprint density at radius 3 is 2.52 bits per heavy atom. The number of fused-ring (bicyclic) bond motifs is 3. The predicted molar refractivity (Wildman–Crippen MR) is 95.9 cm³/mol. The quantitative estimate of drug-likeness (QED) is 0.380. The number of benzene rings is 2. The fourth-order valence-electron chi connectivity index (χ4n) is 4.02. The molecule has 27 heavy (non-hydrogen) atoms. The Morgan fingerprint density at radius 1 is 1.19 bits per heavy atom. The summed E-state index contributed by atoms with van der Waals surface area (Å²) in [4.78, 5) is 10.4. The number of nitrogens with zero attached hydrogens (tertiary/aromatic N) is 1. The molecule has 0 saturated heterocycles. The van der Waals surface area contributed by atoms with Crippen molar-refractivity contribution in [3.8, 4) is 0 Å². The lowest BCUT2D eigenvalue weighted by Crippen LogP contribution is -2.30. The van der Waals surface area contributed by atoms with Crippen LogP contribution in [-0.2, 0) is 6.18 Å². The van der Waals surface area contributed by atoms with Gasteiger partial charge in [-0.2, -0.15) is 13.2 Å². The zero-order valence-electron chi connectivity index (χ0n) is 13.8. The molecule has 0 spiro atoms. The number of hydrogen-bond acceptors (Lipinski definition) is 3. The molecular formula is C19H14ClF3N2O2. The van der Waals surface area contributed by atoms with Crippen LogP contribution in [0, 0.1) is 16.0 Å². The number of nitro benzene ring substituents is 1. The van der Waals surface area contributed by atoms with Crippen molar-refractivity contribution in [1.29, 1.82) is 0 Å². The smallest absolute Gasteiger partial charge is 0.377 e. The summed E-state index contributed by atoms with van der Waals surface area (Å²) in [5.41, 5.74) is 0.428. The lowest BCUT2D eigenvalue weighted by molar-refractivity contribution is -0.384. The second-order valence-electron chi connectivity index (χ2n) is 6.74. The summed E-state index contributed by atoms with van der Waals surface area (Å²) < 4.78 is 40.7. The first kappa shape index (κ1) is 17.9.